The first kappa shape index (κ1) is 15.0. The van der Waals surface area contributed by atoms with Gasteiger partial charge in [-0.3, -0.25) is 0 Å². The summed E-state index contributed by atoms with van der Waals surface area (Å²) < 4.78 is 27.5. The molecule has 108 valence electrons. The standard InChI is InChI=1S/C15H20N2O2S/c1-11-4-3-5-15(12(11)2)17-20(18,19)14-8-6-13(10-16)7-9-14/h6-9,11-12,15,17H,3-5H2,1-2H3. The molecular formula is C15H20N2O2S. The molecule has 3 unspecified atom stereocenters. The van der Waals surface area contributed by atoms with Crippen molar-refractivity contribution >= 4 is 10.0 Å². The number of nitriles is 1. The molecule has 2 rings (SSSR count). The van der Waals surface area contributed by atoms with Crippen LogP contribution in [0.1, 0.15) is 38.7 Å². The number of hydrogen-bond donors (Lipinski definition) is 1. The van der Waals surface area contributed by atoms with Crippen LogP contribution in [-0.4, -0.2) is 14.5 Å². The van der Waals surface area contributed by atoms with Gasteiger partial charge in [0, 0.05) is 6.04 Å². The van der Waals surface area contributed by atoms with E-state index in [1.165, 1.54) is 24.3 Å². The third-order valence-corrected chi connectivity index (χ3v) is 5.81. The minimum absolute atomic E-state index is 0.000562. The molecule has 0 heterocycles. The summed E-state index contributed by atoms with van der Waals surface area (Å²) in [4.78, 5) is 0.224. The maximum Gasteiger partial charge on any atom is 0.240 e. The zero-order valence-corrected chi connectivity index (χ0v) is 12.7. The van der Waals surface area contributed by atoms with Gasteiger partial charge in [0.1, 0.15) is 0 Å². The average Bonchev–Trinajstić information content (AvgIpc) is 2.44. The van der Waals surface area contributed by atoms with E-state index in [1.807, 2.05) is 6.07 Å². The molecule has 0 radical (unpaired) electrons. The van der Waals surface area contributed by atoms with Crippen LogP contribution in [0.5, 0.6) is 0 Å². The fourth-order valence-corrected chi connectivity index (χ4v) is 4.09. The minimum atomic E-state index is -3.50. The Kier molecular flexibility index (Phi) is 4.46. The van der Waals surface area contributed by atoms with E-state index < -0.39 is 10.0 Å². The zero-order valence-electron chi connectivity index (χ0n) is 11.8. The van der Waals surface area contributed by atoms with E-state index in [4.69, 9.17) is 5.26 Å². The van der Waals surface area contributed by atoms with Crippen LogP contribution in [0.15, 0.2) is 29.2 Å². The normalized spacial score (nSPS) is 26.9. The molecule has 0 aliphatic heterocycles. The lowest BCUT2D eigenvalue weighted by molar-refractivity contribution is 0.227. The molecule has 1 aliphatic rings. The van der Waals surface area contributed by atoms with E-state index in [9.17, 15) is 8.42 Å². The smallest absolute Gasteiger partial charge is 0.208 e. The first-order valence-corrected chi connectivity index (χ1v) is 8.45. The molecular weight excluding hydrogens is 272 g/mol. The van der Waals surface area contributed by atoms with Gasteiger partial charge in [-0.05, 0) is 42.5 Å². The van der Waals surface area contributed by atoms with E-state index in [0.29, 0.717) is 17.4 Å². The zero-order chi connectivity index (χ0) is 14.8. The van der Waals surface area contributed by atoms with Crippen LogP contribution in [-0.2, 0) is 10.0 Å². The van der Waals surface area contributed by atoms with Gasteiger partial charge in [0.05, 0.1) is 16.5 Å². The van der Waals surface area contributed by atoms with Crippen molar-refractivity contribution in [3.63, 3.8) is 0 Å². The summed E-state index contributed by atoms with van der Waals surface area (Å²) in [6.07, 6.45) is 3.11. The topological polar surface area (TPSA) is 70.0 Å². The summed E-state index contributed by atoms with van der Waals surface area (Å²) in [5.41, 5.74) is 0.462. The molecule has 1 fully saturated rings. The van der Waals surface area contributed by atoms with Gasteiger partial charge in [0.15, 0.2) is 0 Å². The summed E-state index contributed by atoms with van der Waals surface area (Å²) in [5, 5.41) is 8.74. The van der Waals surface area contributed by atoms with Crippen LogP contribution in [0.3, 0.4) is 0 Å². The highest BCUT2D eigenvalue weighted by molar-refractivity contribution is 7.89. The van der Waals surface area contributed by atoms with E-state index in [-0.39, 0.29) is 10.9 Å². The van der Waals surface area contributed by atoms with Crippen LogP contribution in [0, 0.1) is 23.2 Å². The maximum atomic E-state index is 12.4. The van der Waals surface area contributed by atoms with Crippen molar-refractivity contribution in [2.45, 2.75) is 44.0 Å². The van der Waals surface area contributed by atoms with E-state index in [2.05, 4.69) is 18.6 Å². The number of nitrogens with one attached hydrogen (secondary N) is 1. The Hall–Kier alpha value is -1.38. The van der Waals surface area contributed by atoms with Gasteiger partial charge in [0.25, 0.3) is 0 Å². The number of hydrogen-bond acceptors (Lipinski definition) is 3. The van der Waals surface area contributed by atoms with Crippen molar-refractivity contribution in [2.24, 2.45) is 11.8 Å². The van der Waals surface area contributed by atoms with Gasteiger partial charge >= 0.3 is 0 Å². The molecule has 5 heteroatoms. The first-order chi connectivity index (χ1) is 9.44. The molecule has 0 aromatic heterocycles. The van der Waals surface area contributed by atoms with Crippen molar-refractivity contribution in [3.05, 3.63) is 29.8 Å². The predicted octanol–water partition coefficient (Wildman–Crippen LogP) is 2.66. The summed E-state index contributed by atoms with van der Waals surface area (Å²) in [5.74, 6) is 0.884. The second-order valence-corrected chi connectivity index (χ2v) is 7.35. The lowest BCUT2D eigenvalue weighted by atomic mass is 9.78. The van der Waals surface area contributed by atoms with Crippen molar-refractivity contribution in [2.75, 3.05) is 0 Å². The summed E-state index contributed by atoms with van der Waals surface area (Å²) >= 11 is 0. The third-order valence-electron chi connectivity index (χ3n) is 4.31. The van der Waals surface area contributed by atoms with Gasteiger partial charge in [0.2, 0.25) is 10.0 Å². The van der Waals surface area contributed by atoms with Gasteiger partial charge in [-0.25, -0.2) is 13.1 Å². The Morgan fingerprint density at radius 1 is 1.20 bits per heavy atom. The fourth-order valence-electron chi connectivity index (χ4n) is 2.72. The molecule has 20 heavy (non-hydrogen) atoms. The van der Waals surface area contributed by atoms with E-state index in [0.717, 1.165) is 19.3 Å². The molecule has 3 atom stereocenters. The van der Waals surface area contributed by atoms with Crippen molar-refractivity contribution in [1.29, 1.82) is 5.26 Å². The van der Waals surface area contributed by atoms with Crippen molar-refractivity contribution < 1.29 is 8.42 Å². The second kappa shape index (κ2) is 5.94. The quantitative estimate of drug-likeness (QED) is 0.931. The fraction of sp³-hybridized carbons (Fsp3) is 0.533. The average molecular weight is 292 g/mol. The first-order valence-electron chi connectivity index (χ1n) is 6.96. The van der Waals surface area contributed by atoms with Crippen LogP contribution < -0.4 is 4.72 Å². The summed E-state index contributed by atoms with van der Waals surface area (Å²) in [6, 6.07) is 8.01. The monoisotopic (exact) mass is 292 g/mol. The summed E-state index contributed by atoms with van der Waals surface area (Å²) in [6.45, 7) is 4.28. The molecule has 1 N–H and O–H groups in total. The maximum absolute atomic E-state index is 12.4. The molecule has 0 spiro atoms. The molecule has 4 nitrogen and oxygen atoms in total. The number of sulfonamides is 1. The van der Waals surface area contributed by atoms with Crippen LogP contribution >= 0.6 is 0 Å². The Bertz CT molecular complexity index is 602. The van der Waals surface area contributed by atoms with Gasteiger partial charge in [-0.1, -0.05) is 26.7 Å². The SMILES string of the molecule is CC1CCCC(NS(=O)(=O)c2ccc(C#N)cc2)C1C. The highest BCUT2D eigenvalue weighted by Crippen LogP contribution is 2.30. The minimum Gasteiger partial charge on any atom is -0.208 e. The number of rotatable bonds is 3. The Labute approximate surface area is 120 Å². The van der Waals surface area contributed by atoms with Crippen LogP contribution in [0.2, 0.25) is 0 Å². The molecule has 0 amide bonds. The Balaban J connectivity index is 2.16. The summed E-state index contributed by atoms with van der Waals surface area (Å²) in [7, 11) is -3.50. The largest absolute Gasteiger partial charge is 0.240 e. The highest BCUT2D eigenvalue weighted by atomic mass is 32.2. The van der Waals surface area contributed by atoms with Gasteiger partial charge < -0.3 is 0 Å². The van der Waals surface area contributed by atoms with Gasteiger partial charge in [-0.15, -0.1) is 0 Å². The lowest BCUT2D eigenvalue weighted by Crippen LogP contribution is -2.43. The highest BCUT2D eigenvalue weighted by Gasteiger charge is 2.30. The van der Waals surface area contributed by atoms with Crippen LogP contribution in [0.4, 0.5) is 0 Å². The second-order valence-electron chi connectivity index (χ2n) is 5.63. The Morgan fingerprint density at radius 3 is 2.45 bits per heavy atom. The number of nitrogens with zero attached hydrogens (tertiary/aromatic N) is 1. The Morgan fingerprint density at radius 2 is 1.85 bits per heavy atom. The molecule has 1 aliphatic carbocycles. The number of benzene rings is 1. The molecule has 1 saturated carbocycles. The van der Waals surface area contributed by atoms with Gasteiger partial charge in [-0.2, -0.15) is 5.26 Å². The van der Waals surface area contributed by atoms with Crippen molar-refractivity contribution in [3.8, 4) is 6.07 Å². The van der Waals surface area contributed by atoms with Crippen molar-refractivity contribution in [1.82, 2.24) is 4.72 Å². The van der Waals surface area contributed by atoms with E-state index in [1.54, 1.807) is 0 Å². The molecule has 1 aromatic rings. The molecule has 1 aromatic carbocycles. The predicted molar refractivity (Wildman–Crippen MR) is 77.4 cm³/mol. The molecule has 0 saturated heterocycles. The van der Waals surface area contributed by atoms with Crippen LogP contribution in [0.25, 0.3) is 0 Å². The third kappa shape index (κ3) is 3.20. The lowest BCUT2D eigenvalue weighted by Gasteiger charge is -2.34. The van der Waals surface area contributed by atoms with E-state index >= 15 is 0 Å². The molecule has 0 bridgehead atoms.